The normalized spacial score (nSPS) is 25.7. The van der Waals surface area contributed by atoms with Gasteiger partial charge in [0.2, 0.25) is 5.91 Å². The number of benzene rings is 1. The monoisotopic (exact) mass is 290 g/mol. The Kier molecular flexibility index (Phi) is 4.69. The van der Waals surface area contributed by atoms with Gasteiger partial charge in [0.05, 0.1) is 12.1 Å². The summed E-state index contributed by atoms with van der Waals surface area (Å²) in [6.45, 7) is 9.37. The molecule has 1 heterocycles. The minimum Gasteiger partial charge on any atom is -0.383 e. The fourth-order valence-electron chi connectivity index (χ4n) is 2.85. The molecule has 21 heavy (non-hydrogen) atoms. The van der Waals surface area contributed by atoms with Gasteiger partial charge in [-0.3, -0.25) is 10.1 Å². The van der Waals surface area contributed by atoms with Gasteiger partial charge in [-0.25, -0.2) is 0 Å². The molecule has 0 radical (unpaired) electrons. The van der Waals surface area contributed by atoms with Crippen molar-refractivity contribution >= 4 is 5.91 Å². The number of nitrogens with one attached hydrogen (secondary N) is 1. The highest BCUT2D eigenvalue weighted by Gasteiger charge is 2.47. The molecule has 4 nitrogen and oxygen atoms in total. The second kappa shape index (κ2) is 6.16. The second-order valence-electron chi connectivity index (χ2n) is 6.08. The van der Waals surface area contributed by atoms with Crippen LogP contribution >= 0.6 is 0 Å². The number of amides is 1. The van der Waals surface area contributed by atoms with E-state index < -0.39 is 5.54 Å². The summed E-state index contributed by atoms with van der Waals surface area (Å²) >= 11 is 0. The summed E-state index contributed by atoms with van der Waals surface area (Å²) in [5, 5.41) is 3.53. The zero-order valence-electron chi connectivity index (χ0n) is 13.7. The first-order valence-corrected chi connectivity index (χ1v) is 7.58. The van der Waals surface area contributed by atoms with Crippen molar-refractivity contribution < 1.29 is 9.53 Å². The third-order valence-electron chi connectivity index (χ3n) is 4.47. The van der Waals surface area contributed by atoms with Crippen LogP contribution in [0.25, 0.3) is 0 Å². The largest absolute Gasteiger partial charge is 0.383 e. The van der Waals surface area contributed by atoms with Crippen molar-refractivity contribution in [3.63, 3.8) is 0 Å². The Bertz CT molecular complexity index is 530. The molecule has 4 heteroatoms. The van der Waals surface area contributed by atoms with E-state index in [1.165, 1.54) is 16.7 Å². The summed E-state index contributed by atoms with van der Waals surface area (Å²) in [7, 11) is 1.67. The number of carbonyl (C=O) groups excluding carboxylic acids is 1. The van der Waals surface area contributed by atoms with Crippen molar-refractivity contribution in [3.8, 4) is 0 Å². The standard InChI is InChI=1S/C17H26N2O2/c1-6-17(4)16(20)19(9-10-21-5)15(18-17)14-11-12(2)7-8-13(14)3/h7-8,11,15,18H,6,9-10H2,1-5H3. The predicted molar refractivity (Wildman–Crippen MR) is 84.1 cm³/mol. The minimum absolute atomic E-state index is 0.0718. The maximum atomic E-state index is 12.8. The van der Waals surface area contributed by atoms with Crippen LogP contribution in [-0.4, -0.2) is 36.6 Å². The van der Waals surface area contributed by atoms with Gasteiger partial charge in [0.15, 0.2) is 0 Å². The lowest BCUT2D eigenvalue weighted by atomic mass is 9.99. The molecule has 1 aromatic rings. The van der Waals surface area contributed by atoms with Crippen LogP contribution in [0.4, 0.5) is 0 Å². The number of carbonyl (C=O) groups is 1. The van der Waals surface area contributed by atoms with E-state index in [0.717, 1.165) is 6.42 Å². The number of hydrogen-bond acceptors (Lipinski definition) is 3. The van der Waals surface area contributed by atoms with Crippen molar-refractivity contribution in [2.45, 2.75) is 45.8 Å². The van der Waals surface area contributed by atoms with E-state index >= 15 is 0 Å². The molecule has 2 rings (SSSR count). The molecule has 1 fully saturated rings. The van der Waals surface area contributed by atoms with Gasteiger partial charge < -0.3 is 9.64 Å². The molecule has 2 atom stereocenters. The highest BCUT2D eigenvalue weighted by atomic mass is 16.5. The molecule has 1 aliphatic heterocycles. The molecule has 1 amide bonds. The SMILES string of the molecule is CCC1(C)NC(c2cc(C)ccc2C)N(CCOC)C1=O. The molecule has 0 bridgehead atoms. The molecule has 1 saturated heterocycles. The molecule has 0 saturated carbocycles. The molecule has 0 aliphatic carbocycles. The van der Waals surface area contributed by atoms with Gasteiger partial charge in [-0.05, 0) is 38.3 Å². The van der Waals surface area contributed by atoms with Crippen LogP contribution in [0.5, 0.6) is 0 Å². The summed E-state index contributed by atoms with van der Waals surface area (Å²) < 4.78 is 5.17. The van der Waals surface area contributed by atoms with Crippen molar-refractivity contribution in [3.05, 3.63) is 34.9 Å². The maximum Gasteiger partial charge on any atom is 0.244 e. The highest BCUT2D eigenvalue weighted by molar-refractivity contribution is 5.88. The zero-order valence-corrected chi connectivity index (χ0v) is 13.7. The lowest BCUT2D eigenvalue weighted by Gasteiger charge is -2.25. The van der Waals surface area contributed by atoms with Gasteiger partial charge in [-0.15, -0.1) is 0 Å². The maximum absolute atomic E-state index is 12.8. The summed E-state index contributed by atoms with van der Waals surface area (Å²) in [5.41, 5.74) is 3.10. The van der Waals surface area contributed by atoms with Crippen LogP contribution in [0.1, 0.15) is 43.1 Å². The van der Waals surface area contributed by atoms with Crippen LogP contribution < -0.4 is 5.32 Å². The van der Waals surface area contributed by atoms with Crippen molar-refractivity contribution in [2.75, 3.05) is 20.3 Å². The van der Waals surface area contributed by atoms with Crippen molar-refractivity contribution in [1.29, 1.82) is 0 Å². The summed E-state index contributed by atoms with van der Waals surface area (Å²) in [5.74, 6) is 0.160. The number of methoxy groups -OCH3 is 1. The minimum atomic E-state index is -0.491. The van der Waals surface area contributed by atoms with Crippen LogP contribution in [0.3, 0.4) is 0 Å². The van der Waals surface area contributed by atoms with Crippen molar-refractivity contribution in [1.82, 2.24) is 10.2 Å². The van der Waals surface area contributed by atoms with Gasteiger partial charge in [0.25, 0.3) is 0 Å². The van der Waals surface area contributed by atoms with E-state index in [4.69, 9.17) is 4.74 Å². The third kappa shape index (κ3) is 2.97. The smallest absolute Gasteiger partial charge is 0.244 e. The summed E-state index contributed by atoms with van der Waals surface area (Å²) in [6.07, 6.45) is 0.703. The summed E-state index contributed by atoms with van der Waals surface area (Å²) in [4.78, 5) is 14.7. The third-order valence-corrected chi connectivity index (χ3v) is 4.47. The van der Waals surface area contributed by atoms with Gasteiger partial charge in [-0.2, -0.15) is 0 Å². The molecule has 1 aromatic carbocycles. The Morgan fingerprint density at radius 1 is 1.38 bits per heavy atom. The zero-order chi connectivity index (χ0) is 15.6. The van der Waals surface area contributed by atoms with E-state index in [1.54, 1.807) is 7.11 Å². The van der Waals surface area contributed by atoms with Crippen LogP contribution in [0, 0.1) is 13.8 Å². The Hall–Kier alpha value is -1.39. The number of hydrogen-bond donors (Lipinski definition) is 1. The molecule has 1 N–H and O–H groups in total. The fraction of sp³-hybridized carbons (Fsp3) is 0.588. The lowest BCUT2D eigenvalue weighted by molar-refractivity contribution is -0.133. The van der Waals surface area contributed by atoms with E-state index in [-0.39, 0.29) is 12.1 Å². The average molecular weight is 290 g/mol. The topological polar surface area (TPSA) is 41.6 Å². The van der Waals surface area contributed by atoms with E-state index in [9.17, 15) is 4.79 Å². The Labute approximate surface area is 127 Å². The second-order valence-corrected chi connectivity index (χ2v) is 6.08. The van der Waals surface area contributed by atoms with Gasteiger partial charge >= 0.3 is 0 Å². The van der Waals surface area contributed by atoms with E-state index in [1.807, 2.05) is 18.7 Å². The van der Waals surface area contributed by atoms with Crippen LogP contribution in [0.15, 0.2) is 18.2 Å². The lowest BCUT2D eigenvalue weighted by Crippen LogP contribution is -2.43. The molecule has 2 unspecified atom stereocenters. The highest BCUT2D eigenvalue weighted by Crippen LogP contribution is 2.34. The number of nitrogens with zero attached hydrogens (tertiary/aromatic N) is 1. The molecule has 0 spiro atoms. The Morgan fingerprint density at radius 3 is 2.71 bits per heavy atom. The van der Waals surface area contributed by atoms with E-state index in [2.05, 4.69) is 37.4 Å². The predicted octanol–water partition coefficient (Wildman–Crippen LogP) is 2.55. The van der Waals surface area contributed by atoms with Crippen LogP contribution in [-0.2, 0) is 9.53 Å². The quantitative estimate of drug-likeness (QED) is 0.906. The molecule has 1 aliphatic rings. The number of ether oxygens (including phenoxy) is 1. The first kappa shape index (κ1) is 16.0. The Balaban J connectivity index is 2.39. The average Bonchev–Trinajstić information content (AvgIpc) is 2.72. The molecular formula is C17H26N2O2. The van der Waals surface area contributed by atoms with Gasteiger partial charge in [0.1, 0.15) is 6.17 Å². The van der Waals surface area contributed by atoms with Crippen molar-refractivity contribution in [2.24, 2.45) is 0 Å². The van der Waals surface area contributed by atoms with E-state index in [0.29, 0.717) is 13.2 Å². The first-order chi connectivity index (χ1) is 9.92. The fourth-order valence-corrected chi connectivity index (χ4v) is 2.85. The van der Waals surface area contributed by atoms with Gasteiger partial charge in [0, 0.05) is 13.7 Å². The number of aryl methyl sites for hydroxylation is 2. The molecular weight excluding hydrogens is 264 g/mol. The first-order valence-electron chi connectivity index (χ1n) is 7.58. The van der Waals surface area contributed by atoms with Gasteiger partial charge in [-0.1, -0.05) is 30.7 Å². The Morgan fingerprint density at radius 2 is 2.10 bits per heavy atom. The summed E-state index contributed by atoms with van der Waals surface area (Å²) in [6, 6.07) is 6.39. The van der Waals surface area contributed by atoms with Crippen LogP contribution in [0.2, 0.25) is 0 Å². The molecule has 0 aromatic heterocycles. The molecule has 116 valence electrons. The number of rotatable bonds is 5.